The quantitative estimate of drug-likeness (QED) is 0.798. The largest absolute Gasteiger partial charge is 0.366 e. The Kier molecular flexibility index (Phi) is 5.36. The molecule has 6 heteroatoms. The van der Waals surface area contributed by atoms with Gasteiger partial charge in [-0.25, -0.2) is 13.1 Å². The fourth-order valence-corrected chi connectivity index (χ4v) is 4.26. The van der Waals surface area contributed by atoms with Crippen LogP contribution in [0.5, 0.6) is 0 Å². The summed E-state index contributed by atoms with van der Waals surface area (Å²) in [6.07, 6.45) is 4.86. The Balaban J connectivity index is 1.83. The number of nitrogens with two attached hydrogens (primary N) is 1. The van der Waals surface area contributed by atoms with Crippen molar-refractivity contribution in [1.29, 1.82) is 0 Å². The molecule has 0 atom stereocenters. The standard InChI is InChI=1S/C15H22N2O3S/c16-15(18)14-7-3-6-12(10-14)8-9-17-21(19,20)11-13-4-1-2-5-13/h3,6-7,10,13,17H,1-2,4-5,8-9,11H2,(H2,16,18). The third-order valence-corrected chi connectivity index (χ3v) is 5.43. The number of carbonyl (C=O) groups is 1. The average molecular weight is 310 g/mol. The van der Waals surface area contributed by atoms with Crippen LogP contribution in [-0.4, -0.2) is 26.6 Å². The predicted octanol–water partition coefficient (Wildman–Crippen LogP) is 1.44. The second kappa shape index (κ2) is 7.04. The van der Waals surface area contributed by atoms with Gasteiger partial charge in [-0.15, -0.1) is 0 Å². The number of amides is 1. The van der Waals surface area contributed by atoms with Crippen LogP contribution in [0.4, 0.5) is 0 Å². The highest BCUT2D eigenvalue weighted by molar-refractivity contribution is 7.89. The van der Waals surface area contributed by atoms with E-state index < -0.39 is 15.9 Å². The summed E-state index contributed by atoms with van der Waals surface area (Å²) in [4.78, 5) is 11.1. The van der Waals surface area contributed by atoms with Crippen molar-refractivity contribution in [2.24, 2.45) is 11.7 Å². The van der Waals surface area contributed by atoms with Gasteiger partial charge in [0, 0.05) is 12.1 Å². The molecule has 1 fully saturated rings. The molecule has 1 aliphatic carbocycles. The molecular formula is C15H22N2O3S. The van der Waals surface area contributed by atoms with Crippen molar-refractivity contribution in [3.8, 4) is 0 Å². The number of primary amides is 1. The van der Waals surface area contributed by atoms with E-state index in [1.807, 2.05) is 6.07 Å². The molecule has 0 unspecified atom stereocenters. The monoisotopic (exact) mass is 310 g/mol. The van der Waals surface area contributed by atoms with Crippen LogP contribution >= 0.6 is 0 Å². The van der Waals surface area contributed by atoms with Gasteiger partial charge in [-0.1, -0.05) is 25.0 Å². The van der Waals surface area contributed by atoms with Crippen LogP contribution in [-0.2, 0) is 16.4 Å². The first-order chi connectivity index (χ1) is 9.96. The van der Waals surface area contributed by atoms with E-state index in [1.165, 1.54) is 0 Å². The molecule has 2 rings (SSSR count). The van der Waals surface area contributed by atoms with Crippen molar-refractivity contribution < 1.29 is 13.2 Å². The summed E-state index contributed by atoms with van der Waals surface area (Å²) in [6.45, 7) is 0.345. The molecule has 1 aliphatic rings. The second-order valence-electron chi connectivity index (χ2n) is 5.64. The van der Waals surface area contributed by atoms with Crippen LogP contribution in [0.3, 0.4) is 0 Å². The third kappa shape index (κ3) is 5.13. The molecule has 0 heterocycles. The number of rotatable bonds is 7. The highest BCUT2D eigenvalue weighted by Crippen LogP contribution is 2.25. The molecule has 0 bridgehead atoms. The summed E-state index contributed by atoms with van der Waals surface area (Å²) >= 11 is 0. The Hall–Kier alpha value is -1.40. The minimum atomic E-state index is -3.20. The van der Waals surface area contributed by atoms with Crippen molar-refractivity contribution in [3.05, 3.63) is 35.4 Å². The Morgan fingerprint density at radius 3 is 2.67 bits per heavy atom. The van der Waals surface area contributed by atoms with Gasteiger partial charge in [-0.05, 0) is 42.9 Å². The number of nitrogens with one attached hydrogen (secondary N) is 1. The van der Waals surface area contributed by atoms with E-state index in [9.17, 15) is 13.2 Å². The highest BCUT2D eigenvalue weighted by Gasteiger charge is 2.21. The van der Waals surface area contributed by atoms with Gasteiger partial charge < -0.3 is 5.73 Å². The second-order valence-corrected chi connectivity index (χ2v) is 7.49. The van der Waals surface area contributed by atoms with Gasteiger partial charge in [0.25, 0.3) is 0 Å². The number of sulfonamides is 1. The lowest BCUT2D eigenvalue weighted by Gasteiger charge is -2.11. The van der Waals surface area contributed by atoms with Crippen LogP contribution in [0.15, 0.2) is 24.3 Å². The van der Waals surface area contributed by atoms with Crippen molar-refractivity contribution in [2.75, 3.05) is 12.3 Å². The van der Waals surface area contributed by atoms with Crippen LogP contribution in [0.25, 0.3) is 0 Å². The van der Waals surface area contributed by atoms with E-state index in [2.05, 4.69) is 4.72 Å². The molecule has 1 aromatic rings. The summed E-state index contributed by atoms with van der Waals surface area (Å²) < 4.78 is 26.6. The maximum atomic E-state index is 12.0. The van der Waals surface area contributed by atoms with Gasteiger partial charge >= 0.3 is 0 Å². The zero-order chi connectivity index (χ0) is 15.3. The van der Waals surface area contributed by atoms with Gasteiger partial charge in [0.15, 0.2) is 0 Å². The SMILES string of the molecule is NC(=O)c1cccc(CCNS(=O)(=O)CC2CCCC2)c1. The normalized spacial score (nSPS) is 16.2. The fourth-order valence-electron chi connectivity index (χ4n) is 2.78. The van der Waals surface area contributed by atoms with Crippen molar-refractivity contribution >= 4 is 15.9 Å². The Labute approximate surface area is 126 Å². The molecule has 5 nitrogen and oxygen atoms in total. The molecule has 0 aliphatic heterocycles. The topological polar surface area (TPSA) is 89.3 Å². The summed E-state index contributed by atoms with van der Waals surface area (Å²) in [7, 11) is -3.20. The molecular weight excluding hydrogens is 288 g/mol. The van der Waals surface area contributed by atoms with Crippen LogP contribution in [0.2, 0.25) is 0 Å². The maximum Gasteiger partial charge on any atom is 0.248 e. The van der Waals surface area contributed by atoms with Gasteiger partial charge in [-0.2, -0.15) is 0 Å². The lowest BCUT2D eigenvalue weighted by molar-refractivity contribution is 0.1000. The summed E-state index contributed by atoms with van der Waals surface area (Å²) in [5, 5.41) is 0. The molecule has 0 radical (unpaired) electrons. The number of carbonyl (C=O) groups excluding carboxylic acids is 1. The Bertz CT molecular complexity index is 593. The number of hydrogen-bond acceptors (Lipinski definition) is 3. The van der Waals surface area contributed by atoms with Crippen molar-refractivity contribution in [2.45, 2.75) is 32.1 Å². The third-order valence-electron chi connectivity index (χ3n) is 3.88. The summed E-state index contributed by atoms with van der Waals surface area (Å²) in [5.41, 5.74) is 6.57. The molecule has 1 saturated carbocycles. The molecule has 1 aromatic carbocycles. The number of hydrogen-bond donors (Lipinski definition) is 2. The lowest BCUT2D eigenvalue weighted by Crippen LogP contribution is -2.30. The summed E-state index contributed by atoms with van der Waals surface area (Å²) in [6, 6.07) is 6.96. The van der Waals surface area contributed by atoms with E-state index >= 15 is 0 Å². The maximum absolute atomic E-state index is 12.0. The van der Waals surface area contributed by atoms with Gasteiger partial charge in [-0.3, -0.25) is 4.79 Å². The molecule has 21 heavy (non-hydrogen) atoms. The number of benzene rings is 1. The zero-order valence-electron chi connectivity index (χ0n) is 12.0. The Morgan fingerprint density at radius 1 is 1.29 bits per heavy atom. The van der Waals surface area contributed by atoms with E-state index in [4.69, 9.17) is 5.73 Å². The smallest absolute Gasteiger partial charge is 0.248 e. The Morgan fingerprint density at radius 2 is 2.00 bits per heavy atom. The first-order valence-electron chi connectivity index (χ1n) is 7.32. The van der Waals surface area contributed by atoms with Crippen LogP contribution in [0, 0.1) is 5.92 Å². The molecule has 0 spiro atoms. The summed E-state index contributed by atoms with van der Waals surface area (Å²) in [5.74, 6) is 0.0632. The van der Waals surface area contributed by atoms with Gasteiger partial charge in [0.2, 0.25) is 15.9 Å². The fraction of sp³-hybridized carbons (Fsp3) is 0.533. The minimum Gasteiger partial charge on any atom is -0.366 e. The van der Waals surface area contributed by atoms with E-state index in [0.717, 1.165) is 31.2 Å². The van der Waals surface area contributed by atoms with E-state index in [1.54, 1.807) is 18.2 Å². The van der Waals surface area contributed by atoms with E-state index in [-0.39, 0.29) is 5.75 Å². The zero-order valence-corrected chi connectivity index (χ0v) is 12.9. The minimum absolute atomic E-state index is 0.230. The predicted molar refractivity (Wildman–Crippen MR) is 82.4 cm³/mol. The average Bonchev–Trinajstić information content (AvgIpc) is 2.91. The highest BCUT2D eigenvalue weighted by atomic mass is 32.2. The molecule has 0 saturated heterocycles. The van der Waals surface area contributed by atoms with Crippen molar-refractivity contribution in [1.82, 2.24) is 4.72 Å². The first-order valence-corrected chi connectivity index (χ1v) is 8.97. The lowest BCUT2D eigenvalue weighted by atomic mass is 10.1. The van der Waals surface area contributed by atoms with E-state index in [0.29, 0.717) is 24.4 Å². The molecule has 0 aromatic heterocycles. The van der Waals surface area contributed by atoms with Crippen molar-refractivity contribution in [3.63, 3.8) is 0 Å². The first kappa shape index (κ1) is 16.0. The van der Waals surface area contributed by atoms with Crippen LogP contribution < -0.4 is 10.5 Å². The van der Waals surface area contributed by atoms with Crippen LogP contribution in [0.1, 0.15) is 41.6 Å². The van der Waals surface area contributed by atoms with Gasteiger partial charge in [0.1, 0.15) is 0 Å². The molecule has 3 N–H and O–H groups in total. The van der Waals surface area contributed by atoms with Gasteiger partial charge in [0.05, 0.1) is 5.75 Å². The molecule has 1 amide bonds. The molecule has 116 valence electrons.